The Morgan fingerprint density at radius 3 is 2.38 bits per heavy atom. The number of nitrogens with one attached hydrogen (secondary N) is 1. The summed E-state index contributed by atoms with van der Waals surface area (Å²) in [6.07, 6.45) is 6.01. The Kier molecular flexibility index (Phi) is 12.7. The number of ether oxygens (including phenoxy) is 1. The van der Waals surface area contributed by atoms with E-state index in [1.165, 1.54) is 49.9 Å². The lowest BCUT2D eigenvalue weighted by atomic mass is 9.95. The van der Waals surface area contributed by atoms with E-state index in [9.17, 15) is 14.9 Å². The molecule has 7 heteroatoms. The number of nitrogens with zero attached hydrogens (tertiary/aromatic N) is 1. The lowest BCUT2D eigenvalue weighted by Gasteiger charge is -2.24. The van der Waals surface area contributed by atoms with Crippen LogP contribution in [0.4, 0.5) is 5.69 Å². The Morgan fingerprint density at radius 2 is 1.85 bits per heavy atom. The van der Waals surface area contributed by atoms with E-state index in [2.05, 4.69) is 19.2 Å². The van der Waals surface area contributed by atoms with Crippen molar-refractivity contribution in [1.29, 1.82) is 0 Å². The summed E-state index contributed by atoms with van der Waals surface area (Å²) in [7, 11) is 0. The molecule has 0 aliphatic heterocycles. The monoisotopic (exact) mass is 386 g/mol. The van der Waals surface area contributed by atoms with Crippen molar-refractivity contribution in [2.45, 2.75) is 58.9 Å². The van der Waals surface area contributed by atoms with Gasteiger partial charge in [0.2, 0.25) is 0 Å². The van der Waals surface area contributed by atoms with E-state index in [0.29, 0.717) is 18.1 Å². The normalized spacial score (nSPS) is 12.7. The van der Waals surface area contributed by atoms with E-state index < -0.39 is 10.9 Å². The SMILES string of the molecule is CCCCCCC(C)C(COC(=O)c1ccc([N+](=O)[O-])cc1)NCC.Cl. The zero-order valence-corrected chi connectivity index (χ0v) is 16.7. The summed E-state index contributed by atoms with van der Waals surface area (Å²) in [6, 6.07) is 5.60. The first-order chi connectivity index (χ1) is 12.0. The van der Waals surface area contributed by atoms with Crippen molar-refractivity contribution in [2.24, 2.45) is 5.92 Å². The Balaban J connectivity index is 0.00000625. The number of likely N-dealkylation sites (N-methyl/N-ethyl adjacent to an activating group) is 1. The summed E-state index contributed by atoms with van der Waals surface area (Å²) in [4.78, 5) is 22.3. The Morgan fingerprint density at radius 1 is 1.19 bits per heavy atom. The second-order valence-electron chi connectivity index (χ2n) is 6.39. The maximum atomic E-state index is 12.1. The largest absolute Gasteiger partial charge is 0.460 e. The number of nitro groups is 1. The molecule has 6 nitrogen and oxygen atoms in total. The summed E-state index contributed by atoms with van der Waals surface area (Å²) in [5.41, 5.74) is 0.291. The molecule has 0 bridgehead atoms. The molecule has 1 rings (SSSR count). The number of halogens is 1. The van der Waals surface area contributed by atoms with Gasteiger partial charge in [-0.1, -0.05) is 46.5 Å². The minimum Gasteiger partial charge on any atom is -0.460 e. The van der Waals surface area contributed by atoms with Crippen molar-refractivity contribution >= 4 is 24.1 Å². The number of rotatable bonds is 12. The molecule has 1 N–H and O–H groups in total. The van der Waals surface area contributed by atoms with Gasteiger partial charge in [0.25, 0.3) is 5.69 Å². The molecule has 0 radical (unpaired) electrons. The van der Waals surface area contributed by atoms with E-state index in [0.717, 1.165) is 13.0 Å². The fraction of sp³-hybridized carbons (Fsp3) is 0.632. The van der Waals surface area contributed by atoms with Crippen LogP contribution in [0.15, 0.2) is 24.3 Å². The molecule has 0 spiro atoms. The Hall–Kier alpha value is -1.66. The topological polar surface area (TPSA) is 81.5 Å². The molecule has 0 saturated carbocycles. The summed E-state index contributed by atoms with van der Waals surface area (Å²) in [6.45, 7) is 7.54. The zero-order valence-electron chi connectivity index (χ0n) is 15.9. The van der Waals surface area contributed by atoms with Gasteiger partial charge in [0, 0.05) is 18.2 Å². The third-order valence-electron chi connectivity index (χ3n) is 4.37. The van der Waals surface area contributed by atoms with Crippen LogP contribution in [0.3, 0.4) is 0 Å². The molecular weight excluding hydrogens is 356 g/mol. The summed E-state index contributed by atoms with van der Waals surface area (Å²) < 4.78 is 5.42. The Labute approximate surface area is 162 Å². The van der Waals surface area contributed by atoms with Crippen LogP contribution in [-0.2, 0) is 4.74 Å². The number of carbonyl (C=O) groups is 1. The van der Waals surface area contributed by atoms with Crippen LogP contribution in [0.25, 0.3) is 0 Å². The quantitative estimate of drug-likeness (QED) is 0.242. The van der Waals surface area contributed by atoms with Crippen molar-refractivity contribution in [1.82, 2.24) is 5.32 Å². The summed E-state index contributed by atoms with van der Waals surface area (Å²) in [5, 5.41) is 14.0. The van der Waals surface area contributed by atoms with Crippen molar-refractivity contribution < 1.29 is 14.5 Å². The molecule has 1 aromatic rings. The van der Waals surface area contributed by atoms with Crippen LogP contribution >= 0.6 is 12.4 Å². The molecule has 0 aliphatic carbocycles. The number of hydrogen-bond donors (Lipinski definition) is 1. The van der Waals surface area contributed by atoms with Gasteiger partial charge in [0.05, 0.1) is 10.5 Å². The van der Waals surface area contributed by atoms with Gasteiger partial charge < -0.3 is 10.1 Å². The number of hydrogen-bond acceptors (Lipinski definition) is 5. The van der Waals surface area contributed by atoms with Crippen molar-refractivity contribution in [3.05, 3.63) is 39.9 Å². The molecule has 26 heavy (non-hydrogen) atoms. The predicted molar refractivity (Wildman–Crippen MR) is 106 cm³/mol. The average molecular weight is 387 g/mol. The van der Waals surface area contributed by atoms with Crippen LogP contribution < -0.4 is 5.32 Å². The number of unbranched alkanes of at least 4 members (excludes halogenated alkanes) is 3. The molecule has 0 amide bonds. The fourth-order valence-electron chi connectivity index (χ4n) is 2.75. The average Bonchev–Trinajstić information content (AvgIpc) is 2.61. The molecule has 1 aromatic carbocycles. The highest BCUT2D eigenvalue weighted by Gasteiger charge is 2.19. The highest BCUT2D eigenvalue weighted by Crippen LogP contribution is 2.16. The summed E-state index contributed by atoms with van der Waals surface area (Å²) >= 11 is 0. The van der Waals surface area contributed by atoms with Crippen molar-refractivity contribution in [2.75, 3.05) is 13.2 Å². The lowest BCUT2D eigenvalue weighted by molar-refractivity contribution is -0.384. The van der Waals surface area contributed by atoms with Gasteiger partial charge in [-0.05, 0) is 31.0 Å². The van der Waals surface area contributed by atoms with Gasteiger partial charge >= 0.3 is 5.97 Å². The number of benzene rings is 1. The van der Waals surface area contributed by atoms with E-state index in [4.69, 9.17) is 4.74 Å². The van der Waals surface area contributed by atoms with Crippen molar-refractivity contribution in [3.8, 4) is 0 Å². The predicted octanol–water partition coefficient (Wildman–Crippen LogP) is 4.76. The van der Waals surface area contributed by atoms with Gasteiger partial charge in [0.15, 0.2) is 0 Å². The molecular formula is C19H31ClN2O4. The second-order valence-corrected chi connectivity index (χ2v) is 6.39. The standard InChI is InChI=1S/C19H30N2O4.ClH/c1-4-6-7-8-9-15(3)18(20-5-2)14-25-19(22)16-10-12-17(13-11-16)21(23)24;/h10-13,15,18,20H,4-9,14H2,1-3H3;1H. The lowest BCUT2D eigenvalue weighted by Crippen LogP contribution is -2.39. The minimum atomic E-state index is -0.490. The first kappa shape index (κ1) is 24.3. The van der Waals surface area contributed by atoms with Crippen LogP contribution in [0.2, 0.25) is 0 Å². The minimum absolute atomic E-state index is 0. The Bertz CT molecular complexity index is 537. The van der Waals surface area contributed by atoms with Gasteiger partial charge in [-0.3, -0.25) is 10.1 Å². The van der Waals surface area contributed by atoms with Crippen LogP contribution in [0, 0.1) is 16.0 Å². The summed E-state index contributed by atoms with van der Waals surface area (Å²) in [5.74, 6) is -0.0301. The number of esters is 1. The second kappa shape index (κ2) is 13.5. The van der Waals surface area contributed by atoms with E-state index in [1.807, 2.05) is 6.92 Å². The van der Waals surface area contributed by atoms with Crippen molar-refractivity contribution in [3.63, 3.8) is 0 Å². The number of carbonyl (C=O) groups excluding carboxylic acids is 1. The number of nitro benzene ring substituents is 1. The van der Waals surface area contributed by atoms with Gasteiger partial charge in [-0.15, -0.1) is 12.4 Å². The van der Waals surface area contributed by atoms with Gasteiger partial charge in [0.1, 0.15) is 6.61 Å². The first-order valence-electron chi connectivity index (χ1n) is 9.14. The highest BCUT2D eigenvalue weighted by atomic mass is 35.5. The third-order valence-corrected chi connectivity index (χ3v) is 4.37. The molecule has 0 aromatic heterocycles. The fourth-order valence-corrected chi connectivity index (χ4v) is 2.75. The maximum absolute atomic E-state index is 12.1. The molecule has 0 aliphatic rings. The molecule has 2 unspecified atom stereocenters. The molecule has 2 atom stereocenters. The molecule has 0 saturated heterocycles. The van der Waals surface area contributed by atoms with Gasteiger partial charge in [-0.2, -0.15) is 0 Å². The van der Waals surface area contributed by atoms with Crippen LogP contribution in [0.5, 0.6) is 0 Å². The zero-order chi connectivity index (χ0) is 18.7. The van der Waals surface area contributed by atoms with Gasteiger partial charge in [-0.25, -0.2) is 4.79 Å². The van der Waals surface area contributed by atoms with E-state index in [1.54, 1.807) is 0 Å². The maximum Gasteiger partial charge on any atom is 0.338 e. The van der Waals surface area contributed by atoms with E-state index in [-0.39, 0.29) is 24.1 Å². The molecule has 0 fully saturated rings. The van der Waals surface area contributed by atoms with Crippen LogP contribution in [0.1, 0.15) is 63.2 Å². The number of non-ortho nitro benzene ring substituents is 1. The smallest absolute Gasteiger partial charge is 0.338 e. The van der Waals surface area contributed by atoms with Crippen LogP contribution in [-0.4, -0.2) is 30.1 Å². The van der Waals surface area contributed by atoms with E-state index >= 15 is 0 Å². The highest BCUT2D eigenvalue weighted by molar-refractivity contribution is 5.89. The molecule has 0 heterocycles. The third kappa shape index (κ3) is 8.63. The molecule has 148 valence electrons. The first-order valence-corrected chi connectivity index (χ1v) is 9.14.